The van der Waals surface area contributed by atoms with Crippen molar-refractivity contribution >= 4 is 23.2 Å². The molecule has 1 aromatic carbocycles. The summed E-state index contributed by atoms with van der Waals surface area (Å²) >= 11 is 5.39. The minimum absolute atomic E-state index is 0.0343. The van der Waals surface area contributed by atoms with Gasteiger partial charge in [0.25, 0.3) is 0 Å². The van der Waals surface area contributed by atoms with Crippen LogP contribution in [0.15, 0.2) is 24.3 Å². The number of hydrogen-bond donors (Lipinski definition) is 2. The number of carbonyl (C=O) groups is 1. The standard InChI is InChI=1S/C17H27N3O2S/c1-6-20(12-15(21)19-17(2,3)4)16(23)18-11-13-7-9-14(22-5)10-8-13/h7-10H,6,11-12H2,1-5H3,(H,18,23)(H,19,21). The summed E-state index contributed by atoms with van der Waals surface area (Å²) < 4.78 is 5.14. The van der Waals surface area contributed by atoms with Crippen molar-refractivity contribution in [1.82, 2.24) is 15.5 Å². The van der Waals surface area contributed by atoms with E-state index >= 15 is 0 Å². The fourth-order valence-electron chi connectivity index (χ4n) is 1.99. The fourth-order valence-corrected chi connectivity index (χ4v) is 2.26. The summed E-state index contributed by atoms with van der Waals surface area (Å²) in [6.07, 6.45) is 0. The number of likely N-dealkylation sites (N-methyl/N-ethyl adjacent to an activating group) is 1. The van der Waals surface area contributed by atoms with Gasteiger partial charge in [-0.1, -0.05) is 12.1 Å². The van der Waals surface area contributed by atoms with Gasteiger partial charge in [-0.2, -0.15) is 0 Å². The van der Waals surface area contributed by atoms with E-state index < -0.39 is 0 Å². The molecular formula is C17H27N3O2S. The molecule has 0 heterocycles. The molecule has 6 heteroatoms. The van der Waals surface area contributed by atoms with Crippen molar-refractivity contribution in [3.63, 3.8) is 0 Å². The molecule has 1 rings (SSSR count). The number of carbonyl (C=O) groups excluding carboxylic acids is 1. The molecule has 0 aliphatic carbocycles. The number of ether oxygens (including phenoxy) is 1. The van der Waals surface area contributed by atoms with E-state index in [0.29, 0.717) is 18.2 Å². The molecule has 23 heavy (non-hydrogen) atoms. The lowest BCUT2D eigenvalue weighted by Gasteiger charge is -2.27. The highest BCUT2D eigenvalue weighted by Crippen LogP contribution is 2.11. The summed E-state index contributed by atoms with van der Waals surface area (Å²) in [4.78, 5) is 13.9. The van der Waals surface area contributed by atoms with E-state index in [4.69, 9.17) is 17.0 Å². The van der Waals surface area contributed by atoms with Gasteiger partial charge in [0.05, 0.1) is 13.7 Å². The average molecular weight is 337 g/mol. The molecule has 0 radical (unpaired) electrons. The Morgan fingerprint density at radius 3 is 2.35 bits per heavy atom. The van der Waals surface area contributed by atoms with E-state index in [-0.39, 0.29) is 18.0 Å². The van der Waals surface area contributed by atoms with Crippen LogP contribution in [0.2, 0.25) is 0 Å². The van der Waals surface area contributed by atoms with E-state index in [1.807, 2.05) is 56.9 Å². The molecule has 0 saturated carbocycles. The number of amides is 1. The quantitative estimate of drug-likeness (QED) is 0.780. The molecule has 1 aromatic rings. The Hall–Kier alpha value is -1.82. The Labute approximate surface area is 144 Å². The number of nitrogens with one attached hydrogen (secondary N) is 2. The van der Waals surface area contributed by atoms with Gasteiger partial charge in [0.2, 0.25) is 5.91 Å². The van der Waals surface area contributed by atoms with Crippen LogP contribution < -0.4 is 15.4 Å². The van der Waals surface area contributed by atoms with Crippen LogP contribution in [0.3, 0.4) is 0 Å². The first-order chi connectivity index (χ1) is 10.7. The second-order valence-electron chi connectivity index (χ2n) is 6.32. The van der Waals surface area contributed by atoms with Crippen LogP contribution in [0.4, 0.5) is 0 Å². The highest BCUT2D eigenvalue weighted by atomic mass is 32.1. The first-order valence-electron chi connectivity index (χ1n) is 7.72. The Kier molecular flexibility index (Phi) is 7.29. The zero-order valence-electron chi connectivity index (χ0n) is 14.6. The Morgan fingerprint density at radius 1 is 1.26 bits per heavy atom. The number of rotatable bonds is 6. The molecule has 0 aliphatic rings. The molecule has 5 nitrogen and oxygen atoms in total. The molecular weight excluding hydrogens is 310 g/mol. The highest BCUT2D eigenvalue weighted by molar-refractivity contribution is 7.80. The van der Waals surface area contributed by atoms with Gasteiger partial charge < -0.3 is 20.3 Å². The molecule has 0 spiro atoms. The summed E-state index contributed by atoms with van der Waals surface area (Å²) in [5.41, 5.74) is 0.859. The zero-order chi connectivity index (χ0) is 17.5. The van der Waals surface area contributed by atoms with Gasteiger partial charge in [0.15, 0.2) is 5.11 Å². The normalized spacial score (nSPS) is 10.8. The van der Waals surface area contributed by atoms with Gasteiger partial charge in [-0.25, -0.2) is 0 Å². The number of nitrogens with zero attached hydrogens (tertiary/aromatic N) is 1. The third kappa shape index (κ3) is 7.32. The molecule has 0 fully saturated rings. The third-order valence-corrected chi connectivity index (χ3v) is 3.52. The second-order valence-corrected chi connectivity index (χ2v) is 6.71. The fraction of sp³-hybridized carbons (Fsp3) is 0.529. The first-order valence-corrected chi connectivity index (χ1v) is 8.12. The maximum atomic E-state index is 12.0. The molecule has 0 saturated heterocycles. The van der Waals surface area contributed by atoms with Crippen molar-refractivity contribution in [2.75, 3.05) is 20.2 Å². The first kappa shape index (κ1) is 19.2. The predicted molar refractivity (Wildman–Crippen MR) is 97.6 cm³/mol. The van der Waals surface area contributed by atoms with Gasteiger partial charge in [-0.3, -0.25) is 4.79 Å². The lowest BCUT2D eigenvalue weighted by atomic mass is 10.1. The van der Waals surface area contributed by atoms with Crippen molar-refractivity contribution < 1.29 is 9.53 Å². The number of methoxy groups -OCH3 is 1. The number of hydrogen-bond acceptors (Lipinski definition) is 3. The Morgan fingerprint density at radius 2 is 1.87 bits per heavy atom. The summed E-state index contributed by atoms with van der Waals surface area (Å²) in [6.45, 7) is 9.39. The van der Waals surface area contributed by atoms with Crippen LogP contribution in [0, 0.1) is 0 Å². The summed E-state index contributed by atoms with van der Waals surface area (Å²) in [7, 11) is 1.64. The van der Waals surface area contributed by atoms with Crippen molar-refractivity contribution in [3.05, 3.63) is 29.8 Å². The van der Waals surface area contributed by atoms with Crippen molar-refractivity contribution in [2.45, 2.75) is 39.8 Å². The van der Waals surface area contributed by atoms with Gasteiger partial charge >= 0.3 is 0 Å². The van der Waals surface area contributed by atoms with Crippen LogP contribution in [0.25, 0.3) is 0 Å². The average Bonchev–Trinajstić information content (AvgIpc) is 2.49. The lowest BCUT2D eigenvalue weighted by molar-refractivity contribution is -0.122. The molecule has 1 amide bonds. The van der Waals surface area contributed by atoms with Crippen LogP contribution in [-0.4, -0.2) is 41.7 Å². The topological polar surface area (TPSA) is 53.6 Å². The highest BCUT2D eigenvalue weighted by Gasteiger charge is 2.17. The van der Waals surface area contributed by atoms with Crippen LogP contribution in [-0.2, 0) is 11.3 Å². The van der Waals surface area contributed by atoms with E-state index in [9.17, 15) is 4.79 Å². The minimum Gasteiger partial charge on any atom is -0.497 e. The molecule has 0 unspecified atom stereocenters. The predicted octanol–water partition coefficient (Wildman–Crippen LogP) is 2.31. The van der Waals surface area contributed by atoms with E-state index in [1.54, 1.807) is 7.11 Å². The second kappa shape index (κ2) is 8.72. The Bertz CT molecular complexity index is 524. The minimum atomic E-state index is -0.241. The molecule has 128 valence electrons. The van der Waals surface area contributed by atoms with Crippen molar-refractivity contribution in [2.24, 2.45) is 0 Å². The van der Waals surface area contributed by atoms with Gasteiger partial charge in [-0.05, 0) is 57.6 Å². The monoisotopic (exact) mass is 337 g/mol. The van der Waals surface area contributed by atoms with Crippen molar-refractivity contribution in [1.29, 1.82) is 0 Å². The Balaban J connectivity index is 2.51. The van der Waals surface area contributed by atoms with Crippen LogP contribution in [0.5, 0.6) is 5.75 Å². The van der Waals surface area contributed by atoms with Gasteiger partial charge in [0, 0.05) is 18.6 Å². The van der Waals surface area contributed by atoms with Crippen molar-refractivity contribution in [3.8, 4) is 5.75 Å². The zero-order valence-corrected chi connectivity index (χ0v) is 15.4. The summed E-state index contributed by atoms with van der Waals surface area (Å²) in [5, 5.41) is 6.71. The smallest absolute Gasteiger partial charge is 0.240 e. The molecule has 0 atom stereocenters. The van der Waals surface area contributed by atoms with E-state index in [0.717, 1.165) is 11.3 Å². The third-order valence-electron chi connectivity index (χ3n) is 3.12. The van der Waals surface area contributed by atoms with E-state index in [2.05, 4.69) is 10.6 Å². The maximum absolute atomic E-state index is 12.0. The van der Waals surface area contributed by atoms with Crippen LogP contribution in [0.1, 0.15) is 33.3 Å². The molecule has 0 aliphatic heterocycles. The molecule has 2 N–H and O–H groups in total. The SMILES string of the molecule is CCN(CC(=O)NC(C)(C)C)C(=S)NCc1ccc(OC)cc1. The van der Waals surface area contributed by atoms with Crippen LogP contribution >= 0.6 is 12.2 Å². The molecule has 0 bridgehead atoms. The summed E-state index contributed by atoms with van der Waals surface area (Å²) in [5.74, 6) is 0.790. The van der Waals surface area contributed by atoms with Gasteiger partial charge in [0.1, 0.15) is 5.75 Å². The molecule has 0 aromatic heterocycles. The lowest BCUT2D eigenvalue weighted by Crippen LogP contribution is -2.49. The largest absolute Gasteiger partial charge is 0.497 e. The number of thiocarbonyl (C=S) groups is 1. The van der Waals surface area contributed by atoms with E-state index in [1.165, 1.54) is 0 Å². The number of benzene rings is 1. The van der Waals surface area contributed by atoms with Gasteiger partial charge in [-0.15, -0.1) is 0 Å². The maximum Gasteiger partial charge on any atom is 0.240 e. The summed E-state index contributed by atoms with van der Waals surface area (Å²) in [6, 6.07) is 7.79.